The molecule has 31 heavy (non-hydrogen) atoms. The largest absolute Gasteiger partial charge is 0.298 e. The molecule has 1 unspecified atom stereocenters. The smallest absolute Gasteiger partial charge is 0.137 e. The van der Waals surface area contributed by atoms with Gasteiger partial charge < -0.3 is 0 Å². The average molecular weight is 495 g/mol. The van der Waals surface area contributed by atoms with Gasteiger partial charge >= 0.3 is 0 Å². The Morgan fingerprint density at radius 2 is 1.74 bits per heavy atom. The van der Waals surface area contributed by atoms with Gasteiger partial charge in [0, 0.05) is 29.1 Å². The summed E-state index contributed by atoms with van der Waals surface area (Å²) in [7, 11) is -1.01. The van der Waals surface area contributed by atoms with E-state index in [-0.39, 0.29) is 30.6 Å². The molecule has 0 spiro atoms. The normalized spacial score (nSPS) is 11.7. The molecule has 0 fully saturated rings. The summed E-state index contributed by atoms with van der Waals surface area (Å²) >= 11 is 1.50. The van der Waals surface area contributed by atoms with Gasteiger partial charge in [0.05, 0.1) is 43.7 Å². The lowest BCUT2D eigenvalue weighted by Gasteiger charge is -2.06. The number of aromatic amines is 1. The van der Waals surface area contributed by atoms with Crippen LogP contribution in [0.15, 0.2) is 71.3 Å². The number of hydrogen-bond acceptors (Lipinski definition) is 4. The van der Waals surface area contributed by atoms with Crippen LogP contribution in [0.25, 0.3) is 38.6 Å². The minimum Gasteiger partial charge on any atom is -0.298 e. The summed E-state index contributed by atoms with van der Waals surface area (Å²) in [6.45, 7) is 0. The van der Waals surface area contributed by atoms with Gasteiger partial charge in [0.15, 0.2) is 0 Å². The van der Waals surface area contributed by atoms with E-state index in [1.165, 1.54) is 23.5 Å². The molecule has 10 heteroatoms. The first-order valence-corrected chi connectivity index (χ1v) is 11.2. The molecule has 0 saturated carbocycles. The number of nitrogens with zero attached hydrogens (tertiary/aromatic N) is 3. The number of H-pyrrole nitrogens is 1. The van der Waals surface area contributed by atoms with E-state index in [0.29, 0.717) is 0 Å². The molecule has 1 N–H and O–H groups in total. The van der Waals surface area contributed by atoms with Gasteiger partial charge in [0.25, 0.3) is 0 Å². The van der Waals surface area contributed by atoms with E-state index >= 15 is 0 Å². The van der Waals surface area contributed by atoms with Crippen LogP contribution in [0.1, 0.15) is 0 Å². The maximum absolute atomic E-state index is 13.3. The van der Waals surface area contributed by atoms with Gasteiger partial charge in [-0.1, -0.05) is 0 Å². The molecule has 0 amide bonds. The highest BCUT2D eigenvalue weighted by molar-refractivity contribution is 7.86. The van der Waals surface area contributed by atoms with Crippen LogP contribution in [0.5, 0.6) is 0 Å². The van der Waals surface area contributed by atoms with Crippen molar-refractivity contribution in [2.75, 3.05) is 6.26 Å². The lowest BCUT2D eigenvalue weighted by molar-refractivity contribution is 0.628. The van der Waals surface area contributed by atoms with Crippen molar-refractivity contribution in [1.29, 1.82) is 0 Å². The maximum atomic E-state index is 13.3. The van der Waals surface area contributed by atoms with Gasteiger partial charge in [-0.2, -0.15) is 5.10 Å². The van der Waals surface area contributed by atoms with Crippen LogP contribution in [-0.2, 0) is 10.8 Å². The summed E-state index contributed by atoms with van der Waals surface area (Å²) in [5.74, 6) is -0.275. The van der Waals surface area contributed by atoms with Crippen LogP contribution < -0.4 is 0 Å². The summed E-state index contributed by atoms with van der Waals surface area (Å²) in [4.78, 5) is 5.50. The van der Waals surface area contributed by atoms with E-state index in [1.807, 2.05) is 41.1 Å². The Morgan fingerprint density at radius 3 is 2.45 bits per heavy atom. The molecule has 0 aliphatic rings. The van der Waals surface area contributed by atoms with Crippen LogP contribution in [0, 0.1) is 5.82 Å². The predicted molar refractivity (Wildman–Crippen MR) is 128 cm³/mol. The lowest BCUT2D eigenvalue weighted by atomic mass is 10.0. The number of imidazole rings is 1. The molecule has 0 radical (unpaired) electrons. The predicted octanol–water partition coefficient (Wildman–Crippen LogP) is 5.84. The number of thiophene rings is 1. The summed E-state index contributed by atoms with van der Waals surface area (Å²) in [6, 6.07) is 14.1. The molecule has 0 aliphatic heterocycles. The highest BCUT2D eigenvalue weighted by Crippen LogP contribution is 2.33. The molecular weight excluding hydrogens is 478 g/mol. The van der Waals surface area contributed by atoms with Crippen molar-refractivity contribution >= 4 is 52.6 Å². The fraction of sp³-hybridized carbons (Fsp3) is 0.0476. The third-order valence-electron chi connectivity index (χ3n) is 4.71. The molecule has 4 heterocycles. The fourth-order valence-electron chi connectivity index (χ4n) is 3.28. The van der Waals surface area contributed by atoms with Gasteiger partial charge in [-0.15, -0.1) is 36.2 Å². The molecule has 0 saturated heterocycles. The van der Waals surface area contributed by atoms with Crippen molar-refractivity contribution in [2.24, 2.45) is 0 Å². The molecule has 1 aromatic carbocycles. The van der Waals surface area contributed by atoms with Crippen LogP contribution in [0.2, 0.25) is 0 Å². The number of halogens is 3. The minimum atomic E-state index is -1.01. The van der Waals surface area contributed by atoms with Crippen LogP contribution in [0.4, 0.5) is 4.39 Å². The molecule has 4 aromatic heterocycles. The highest BCUT2D eigenvalue weighted by atomic mass is 35.5. The number of nitrogens with one attached hydrogen (secondary N) is 1. The molecule has 5 aromatic rings. The van der Waals surface area contributed by atoms with Crippen molar-refractivity contribution in [1.82, 2.24) is 19.6 Å². The van der Waals surface area contributed by atoms with E-state index in [9.17, 15) is 8.60 Å². The molecular formula is C21H17Cl2FN4OS2. The summed E-state index contributed by atoms with van der Waals surface area (Å²) < 4.78 is 27.9. The number of aromatic nitrogens is 4. The van der Waals surface area contributed by atoms with Crippen LogP contribution >= 0.6 is 36.2 Å². The Balaban J connectivity index is 0.00000136. The first-order chi connectivity index (χ1) is 14.1. The van der Waals surface area contributed by atoms with Crippen molar-refractivity contribution in [3.05, 3.63) is 72.9 Å². The first-order valence-electron chi connectivity index (χ1n) is 8.80. The molecule has 5 rings (SSSR count). The lowest BCUT2D eigenvalue weighted by Crippen LogP contribution is -1.90. The van der Waals surface area contributed by atoms with Crippen molar-refractivity contribution < 1.29 is 8.60 Å². The maximum Gasteiger partial charge on any atom is 0.137 e. The van der Waals surface area contributed by atoms with E-state index < -0.39 is 10.8 Å². The number of pyridine rings is 1. The molecule has 0 bridgehead atoms. The Morgan fingerprint density at radius 1 is 1.00 bits per heavy atom. The van der Waals surface area contributed by atoms with Gasteiger partial charge in [-0.25, -0.2) is 9.37 Å². The zero-order chi connectivity index (χ0) is 20.0. The number of fused-ring (bicyclic) bond motifs is 1. The zero-order valence-electron chi connectivity index (χ0n) is 16.1. The summed E-state index contributed by atoms with van der Waals surface area (Å²) in [5, 5.41) is 7.21. The fourth-order valence-corrected chi connectivity index (χ4v) is 5.02. The third-order valence-corrected chi connectivity index (χ3v) is 7.27. The van der Waals surface area contributed by atoms with Gasteiger partial charge in [-0.3, -0.25) is 13.7 Å². The second kappa shape index (κ2) is 9.32. The van der Waals surface area contributed by atoms with Gasteiger partial charge in [0.2, 0.25) is 0 Å². The topological polar surface area (TPSA) is 63.0 Å². The Labute approximate surface area is 196 Å². The number of benzene rings is 1. The van der Waals surface area contributed by atoms with Crippen LogP contribution in [0.3, 0.4) is 0 Å². The van der Waals surface area contributed by atoms with Crippen LogP contribution in [-0.4, -0.2) is 30.0 Å². The number of rotatable bonds is 4. The molecule has 5 nitrogen and oxygen atoms in total. The standard InChI is InChI=1S/C21H15FN4OS2.2ClH/c1-29(27)20-9-7-18(28-20)17-11-23-19-8-4-14(12-26(17)19)16-10-24-25-21(16)13-2-5-15(22)6-3-13;;/h2-12H,1H3,(H,24,25);2*1H. The van der Waals surface area contributed by atoms with E-state index in [4.69, 9.17) is 0 Å². The molecule has 160 valence electrons. The van der Waals surface area contributed by atoms with E-state index in [0.717, 1.165) is 42.8 Å². The third kappa shape index (κ3) is 4.29. The van der Waals surface area contributed by atoms with E-state index in [1.54, 1.807) is 24.6 Å². The average Bonchev–Trinajstić information content (AvgIpc) is 3.46. The second-order valence-electron chi connectivity index (χ2n) is 6.53. The summed E-state index contributed by atoms with van der Waals surface area (Å²) in [5.41, 5.74) is 5.32. The Kier molecular flexibility index (Phi) is 6.96. The number of hydrogen-bond donors (Lipinski definition) is 1. The molecule has 1 atom stereocenters. The monoisotopic (exact) mass is 494 g/mol. The second-order valence-corrected chi connectivity index (χ2v) is 9.22. The van der Waals surface area contributed by atoms with Gasteiger partial charge in [-0.05, 0) is 48.5 Å². The molecule has 0 aliphatic carbocycles. The summed E-state index contributed by atoms with van der Waals surface area (Å²) in [6.07, 6.45) is 7.28. The Bertz CT molecular complexity index is 1360. The Hall–Kier alpha value is -2.52. The van der Waals surface area contributed by atoms with Gasteiger partial charge in [0.1, 0.15) is 11.5 Å². The first kappa shape index (κ1) is 23.1. The zero-order valence-corrected chi connectivity index (χ0v) is 19.4. The minimum absolute atomic E-state index is 0. The van der Waals surface area contributed by atoms with Crippen molar-refractivity contribution in [3.8, 4) is 33.0 Å². The highest BCUT2D eigenvalue weighted by Gasteiger charge is 2.14. The van der Waals surface area contributed by atoms with Crippen molar-refractivity contribution in [2.45, 2.75) is 4.21 Å². The SMILES string of the molecule is CS(=O)c1ccc(-c2cnc3ccc(-c4cn[nH]c4-c4ccc(F)cc4)cn23)s1.Cl.Cl. The van der Waals surface area contributed by atoms with Crippen molar-refractivity contribution in [3.63, 3.8) is 0 Å². The quantitative estimate of drug-likeness (QED) is 0.341. The van der Waals surface area contributed by atoms with E-state index in [2.05, 4.69) is 15.2 Å².